The minimum absolute atomic E-state index is 0.0823. The Morgan fingerprint density at radius 1 is 1.04 bits per heavy atom. The lowest BCUT2D eigenvalue weighted by atomic mass is 10.2. The molecule has 1 aromatic heterocycles. The molecule has 7 nitrogen and oxygen atoms in total. The van der Waals surface area contributed by atoms with Gasteiger partial charge in [0.15, 0.2) is 5.75 Å². The molecule has 3 rings (SSSR count). The second-order valence-electron chi connectivity index (χ2n) is 5.67. The first-order chi connectivity index (χ1) is 13.5. The third-order valence-electron chi connectivity index (χ3n) is 3.76. The molecule has 0 atom stereocenters. The summed E-state index contributed by atoms with van der Waals surface area (Å²) < 4.78 is 11.3. The van der Waals surface area contributed by atoms with Crippen molar-refractivity contribution in [2.45, 2.75) is 6.92 Å². The molecule has 0 unspecified atom stereocenters. The molecule has 1 amide bonds. The van der Waals surface area contributed by atoms with E-state index in [1.54, 1.807) is 61.5 Å². The molecule has 0 fully saturated rings. The van der Waals surface area contributed by atoms with Crippen LogP contribution in [0.5, 0.6) is 5.75 Å². The lowest BCUT2D eigenvalue weighted by Gasteiger charge is -2.19. The molecule has 1 heterocycles. The number of carboxylic acid groups (broad SMARTS) is 1. The van der Waals surface area contributed by atoms with Crippen LogP contribution in [0, 0.1) is 0 Å². The monoisotopic (exact) mass is 399 g/mol. The van der Waals surface area contributed by atoms with Crippen molar-refractivity contribution >= 4 is 44.5 Å². The molecule has 8 heteroatoms. The minimum Gasteiger partial charge on any atom is -0.480 e. The number of ether oxygens (including phenoxy) is 2. The van der Waals surface area contributed by atoms with Crippen LogP contribution in [0.3, 0.4) is 0 Å². The van der Waals surface area contributed by atoms with Crippen LogP contribution in [0.15, 0.2) is 54.6 Å². The summed E-state index contributed by atoms with van der Waals surface area (Å²) in [7, 11) is 0. The zero-order chi connectivity index (χ0) is 20.1. The summed E-state index contributed by atoms with van der Waals surface area (Å²) in [5, 5.41) is 10.0. The van der Waals surface area contributed by atoms with E-state index in [1.807, 2.05) is 0 Å². The van der Waals surface area contributed by atoms with Crippen LogP contribution in [-0.2, 0) is 9.53 Å². The van der Waals surface area contributed by atoms with E-state index >= 15 is 0 Å². The van der Waals surface area contributed by atoms with Gasteiger partial charge in [-0.3, -0.25) is 9.69 Å². The Kier molecular flexibility index (Phi) is 5.90. The van der Waals surface area contributed by atoms with E-state index in [1.165, 1.54) is 0 Å². The summed E-state index contributed by atoms with van der Waals surface area (Å²) in [5.74, 6) is -1.70. The first-order valence-corrected chi connectivity index (χ1v) is 9.27. The zero-order valence-electron chi connectivity index (χ0n) is 15.0. The van der Waals surface area contributed by atoms with Gasteiger partial charge in [-0.05, 0) is 31.2 Å². The van der Waals surface area contributed by atoms with Gasteiger partial charge in [0.2, 0.25) is 0 Å². The minimum atomic E-state index is -1.22. The first-order valence-electron chi connectivity index (χ1n) is 8.46. The number of carboxylic acids is 1. The molecular formula is C20H17NO6S. The van der Waals surface area contributed by atoms with Crippen LogP contribution in [0.4, 0.5) is 9.80 Å². The molecule has 0 saturated carbocycles. The molecule has 0 bridgehead atoms. The van der Waals surface area contributed by atoms with Crippen LogP contribution in [0.2, 0.25) is 0 Å². The molecule has 3 aromatic rings. The molecule has 0 aliphatic carbocycles. The fourth-order valence-corrected chi connectivity index (χ4v) is 3.69. The highest BCUT2D eigenvalue weighted by Gasteiger charge is 2.28. The first kappa shape index (κ1) is 19.4. The highest BCUT2D eigenvalue weighted by atomic mass is 32.1. The molecule has 0 spiro atoms. The van der Waals surface area contributed by atoms with Gasteiger partial charge < -0.3 is 14.6 Å². The Bertz CT molecular complexity index is 1010. The van der Waals surface area contributed by atoms with E-state index in [9.17, 15) is 19.5 Å². The van der Waals surface area contributed by atoms with Gasteiger partial charge in [-0.25, -0.2) is 9.59 Å². The smallest absolute Gasteiger partial charge is 0.415 e. The van der Waals surface area contributed by atoms with Crippen LogP contribution >= 0.6 is 11.3 Å². The van der Waals surface area contributed by atoms with Crippen molar-refractivity contribution in [1.29, 1.82) is 0 Å². The van der Waals surface area contributed by atoms with Crippen molar-refractivity contribution in [2.75, 3.05) is 18.1 Å². The van der Waals surface area contributed by atoms with Crippen molar-refractivity contribution in [2.24, 2.45) is 0 Å². The predicted octanol–water partition coefficient (Wildman–Crippen LogP) is 4.17. The van der Waals surface area contributed by atoms with Gasteiger partial charge in [-0.2, -0.15) is 0 Å². The number of thiophene rings is 1. The molecule has 28 heavy (non-hydrogen) atoms. The molecule has 144 valence electrons. The van der Waals surface area contributed by atoms with E-state index < -0.39 is 24.6 Å². The van der Waals surface area contributed by atoms with Crippen LogP contribution in [-0.4, -0.2) is 36.3 Å². The Hall–Kier alpha value is -3.39. The van der Waals surface area contributed by atoms with Crippen molar-refractivity contribution in [1.82, 2.24) is 0 Å². The van der Waals surface area contributed by atoms with Gasteiger partial charge >= 0.3 is 18.0 Å². The number of aliphatic carboxylic acids is 1. The van der Waals surface area contributed by atoms with E-state index in [4.69, 9.17) is 9.47 Å². The number of amides is 1. The quantitative estimate of drug-likeness (QED) is 0.626. The molecule has 0 aliphatic rings. The number of hydrogen-bond acceptors (Lipinski definition) is 6. The molecule has 2 aromatic carbocycles. The van der Waals surface area contributed by atoms with Crippen LogP contribution in [0.1, 0.15) is 17.3 Å². The highest BCUT2D eigenvalue weighted by molar-refractivity contribution is 7.23. The SMILES string of the molecule is CCOC(=O)N(CC(=O)O)c1sc2ccccc2c1OC(=O)c1ccccc1. The Labute approximate surface area is 164 Å². The summed E-state index contributed by atoms with van der Waals surface area (Å²) in [6, 6.07) is 15.5. The molecule has 0 saturated heterocycles. The van der Waals surface area contributed by atoms with E-state index in [-0.39, 0.29) is 17.4 Å². The van der Waals surface area contributed by atoms with Gasteiger partial charge in [0.25, 0.3) is 0 Å². The Balaban J connectivity index is 2.08. The number of carbonyl (C=O) groups is 3. The van der Waals surface area contributed by atoms with Gasteiger partial charge in [-0.15, -0.1) is 11.3 Å². The number of anilines is 1. The average Bonchev–Trinajstić information content (AvgIpc) is 3.05. The summed E-state index contributed by atoms with van der Waals surface area (Å²) in [6.07, 6.45) is -0.825. The fourth-order valence-electron chi connectivity index (χ4n) is 2.57. The Morgan fingerprint density at radius 2 is 1.71 bits per heavy atom. The maximum Gasteiger partial charge on any atom is 0.415 e. The van der Waals surface area contributed by atoms with Crippen LogP contribution < -0.4 is 9.64 Å². The standard InChI is InChI=1S/C20H17NO6S/c1-2-26-20(25)21(12-16(22)23)18-17(14-10-6-7-11-15(14)28-18)27-19(24)13-8-4-3-5-9-13/h3-11H,2,12H2,1H3,(H,22,23). The van der Waals surface area contributed by atoms with E-state index in [0.29, 0.717) is 10.9 Å². The third kappa shape index (κ3) is 4.12. The molecular weight excluding hydrogens is 382 g/mol. The lowest BCUT2D eigenvalue weighted by molar-refractivity contribution is -0.135. The fraction of sp³-hybridized carbons (Fsp3) is 0.150. The number of rotatable bonds is 6. The summed E-state index contributed by atoms with van der Waals surface area (Å²) in [6.45, 7) is 1.08. The van der Waals surface area contributed by atoms with Gasteiger partial charge in [0.05, 0.1) is 12.2 Å². The third-order valence-corrected chi connectivity index (χ3v) is 4.94. The summed E-state index contributed by atoms with van der Waals surface area (Å²) in [4.78, 5) is 37.2. The number of fused-ring (bicyclic) bond motifs is 1. The number of esters is 1. The number of carbonyl (C=O) groups excluding carboxylic acids is 2. The Morgan fingerprint density at radius 3 is 2.39 bits per heavy atom. The molecule has 0 radical (unpaired) electrons. The van der Waals surface area contributed by atoms with Crippen molar-refractivity contribution in [3.8, 4) is 5.75 Å². The van der Waals surface area contributed by atoms with Crippen molar-refractivity contribution in [3.05, 3.63) is 60.2 Å². The zero-order valence-corrected chi connectivity index (χ0v) is 15.8. The predicted molar refractivity (Wildman–Crippen MR) is 105 cm³/mol. The van der Waals surface area contributed by atoms with Gasteiger partial charge in [0, 0.05) is 10.1 Å². The summed E-state index contributed by atoms with van der Waals surface area (Å²) in [5.41, 5.74) is 0.338. The number of benzene rings is 2. The maximum atomic E-state index is 12.6. The second-order valence-corrected chi connectivity index (χ2v) is 6.70. The maximum absolute atomic E-state index is 12.6. The van der Waals surface area contributed by atoms with Crippen molar-refractivity contribution < 1.29 is 29.0 Å². The van der Waals surface area contributed by atoms with Gasteiger partial charge in [0.1, 0.15) is 11.5 Å². The molecule has 1 N–H and O–H groups in total. The lowest BCUT2D eigenvalue weighted by Crippen LogP contribution is -2.36. The largest absolute Gasteiger partial charge is 0.480 e. The van der Waals surface area contributed by atoms with Crippen molar-refractivity contribution in [3.63, 3.8) is 0 Å². The normalized spacial score (nSPS) is 10.5. The van der Waals surface area contributed by atoms with E-state index in [0.717, 1.165) is 20.9 Å². The topological polar surface area (TPSA) is 93.1 Å². The van der Waals surface area contributed by atoms with Crippen LogP contribution in [0.25, 0.3) is 10.1 Å². The van der Waals surface area contributed by atoms with E-state index in [2.05, 4.69) is 0 Å². The van der Waals surface area contributed by atoms with Gasteiger partial charge in [-0.1, -0.05) is 30.3 Å². The highest BCUT2D eigenvalue weighted by Crippen LogP contribution is 2.45. The second kappa shape index (κ2) is 8.53. The molecule has 0 aliphatic heterocycles. The summed E-state index contributed by atoms with van der Waals surface area (Å²) >= 11 is 1.15. The number of nitrogens with zero attached hydrogens (tertiary/aromatic N) is 1. The average molecular weight is 399 g/mol. The number of hydrogen-bond donors (Lipinski definition) is 1.